The average molecular weight is 554 g/mol. The van der Waals surface area contributed by atoms with Crippen LogP contribution in [-0.2, 0) is 12.8 Å². The molecule has 1 heterocycles. The number of nitrogens with one attached hydrogen (secondary N) is 2. The van der Waals surface area contributed by atoms with E-state index >= 15 is 0 Å². The first-order valence-electron chi connectivity index (χ1n) is 8.70. The number of rotatable bonds is 8. The Hall–Kier alpha value is -1.23. The summed E-state index contributed by atoms with van der Waals surface area (Å²) >= 11 is 3.26. The third kappa shape index (κ3) is 8.12. The van der Waals surface area contributed by atoms with Crippen molar-refractivity contribution in [3.05, 3.63) is 45.8 Å². The molecule has 1 aromatic heterocycles. The highest BCUT2D eigenvalue weighted by molar-refractivity contribution is 14.0. The third-order valence-corrected chi connectivity index (χ3v) is 4.28. The predicted molar refractivity (Wildman–Crippen MR) is 119 cm³/mol. The van der Waals surface area contributed by atoms with E-state index < -0.39 is 0 Å². The number of benzene rings is 1. The summed E-state index contributed by atoms with van der Waals surface area (Å²) in [5.74, 6) is 2.11. The average Bonchev–Trinajstić information content (AvgIpc) is 3.07. The first kappa shape index (κ1) is 23.8. The molecule has 0 spiro atoms. The molecule has 0 fully saturated rings. The highest BCUT2D eigenvalue weighted by Crippen LogP contribution is 2.16. The molecule has 0 radical (unpaired) electrons. The molecular weight excluding hydrogens is 528 g/mol. The zero-order valence-corrected chi connectivity index (χ0v) is 19.7. The maximum Gasteiger partial charge on any atom is 0.228 e. The Morgan fingerprint density at radius 2 is 2.00 bits per heavy atom. The molecule has 0 aliphatic carbocycles. The smallest absolute Gasteiger partial charge is 0.228 e. The highest BCUT2D eigenvalue weighted by atomic mass is 127. The minimum absolute atomic E-state index is 0. The van der Waals surface area contributed by atoms with Gasteiger partial charge in [0.1, 0.15) is 5.82 Å². The fourth-order valence-electron chi connectivity index (χ4n) is 2.32. The van der Waals surface area contributed by atoms with E-state index in [-0.39, 0.29) is 35.7 Å². The van der Waals surface area contributed by atoms with Crippen LogP contribution in [0.25, 0.3) is 0 Å². The standard InChI is InChI=1S/C18H25BrFN5O.HI/c1-12(2)17-24-16(26-25-17)8-10-23-18(21-3)22-9-4-5-13-6-7-14(19)11-15(13)20;/h6-7,11-12H,4-5,8-10H2,1-3H3,(H2,21,22,23);1H. The minimum Gasteiger partial charge on any atom is -0.356 e. The van der Waals surface area contributed by atoms with Crippen molar-refractivity contribution in [1.29, 1.82) is 0 Å². The van der Waals surface area contributed by atoms with Crippen LogP contribution < -0.4 is 10.6 Å². The zero-order chi connectivity index (χ0) is 18.9. The lowest BCUT2D eigenvalue weighted by atomic mass is 10.1. The Morgan fingerprint density at radius 3 is 2.63 bits per heavy atom. The summed E-state index contributed by atoms with van der Waals surface area (Å²) in [6, 6.07) is 5.16. The summed E-state index contributed by atoms with van der Waals surface area (Å²) in [6.45, 7) is 5.39. The minimum atomic E-state index is -0.179. The Bertz CT molecular complexity index is 738. The monoisotopic (exact) mass is 553 g/mol. The number of aromatic nitrogens is 2. The molecule has 0 amide bonds. The van der Waals surface area contributed by atoms with E-state index in [1.807, 2.05) is 26.0 Å². The molecular formula is C18H26BrFIN5O. The number of nitrogens with zero attached hydrogens (tertiary/aromatic N) is 3. The van der Waals surface area contributed by atoms with Crippen LogP contribution in [0.1, 0.15) is 43.5 Å². The Morgan fingerprint density at radius 1 is 1.26 bits per heavy atom. The van der Waals surface area contributed by atoms with Crippen LogP contribution in [-0.4, -0.2) is 36.2 Å². The van der Waals surface area contributed by atoms with E-state index in [9.17, 15) is 4.39 Å². The summed E-state index contributed by atoms with van der Waals surface area (Å²) in [7, 11) is 1.72. The van der Waals surface area contributed by atoms with Gasteiger partial charge in [-0.25, -0.2) is 4.39 Å². The van der Waals surface area contributed by atoms with E-state index in [0.717, 1.165) is 22.3 Å². The summed E-state index contributed by atoms with van der Waals surface area (Å²) in [6.07, 6.45) is 2.11. The summed E-state index contributed by atoms with van der Waals surface area (Å²) in [4.78, 5) is 8.51. The fraction of sp³-hybridized carbons (Fsp3) is 0.500. The van der Waals surface area contributed by atoms with Crippen LogP contribution in [0.4, 0.5) is 4.39 Å². The van der Waals surface area contributed by atoms with Crippen LogP contribution >= 0.6 is 39.9 Å². The largest absolute Gasteiger partial charge is 0.356 e. The number of aliphatic imine (C=N–C) groups is 1. The number of hydrogen-bond acceptors (Lipinski definition) is 4. The zero-order valence-electron chi connectivity index (χ0n) is 15.8. The van der Waals surface area contributed by atoms with Crippen molar-refractivity contribution >= 4 is 45.9 Å². The summed E-state index contributed by atoms with van der Waals surface area (Å²) in [5, 5.41) is 10.4. The van der Waals surface area contributed by atoms with Crippen LogP contribution in [0, 0.1) is 5.82 Å². The second-order valence-electron chi connectivity index (χ2n) is 6.22. The molecule has 0 atom stereocenters. The topological polar surface area (TPSA) is 75.3 Å². The molecule has 6 nitrogen and oxygen atoms in total. The SMILES string of the molecule is CN=C(NCCCc1ccc(Br)cc1F)NCCc1nc(C(C)C)no1.I. The molecule has 0 saturated heterocycles. The van der Waals surface area contributed by atoms with E-state index in [1.54, 1.807) is 7.05 Å². The second-order valence-corrected chi connectivity index (χ2v) is 7.13. The summed E-state index contributed by atoms with van der Waals surface area (Å²) in [5.41, 5.74) is 0.718. The van der Waals surface area contributed by atoms with Crippen LogP contribution in [0.3, 0.4) is 0 Å². The van der Waals surface area contributed by atoms with Crippen molar-refractivity contribution in [3.63, 3.8) is 0 Å². The van der Waals surface area contributed by atoms with Crippen LogP contribution in [0.2, 0.25) is 0 Å². The van der Waals surface area contributed by atoms with Gasteiger partial charge in [-0.1, -0.05) is 41.0 Å². The van der Waals surface area contributed by atoms with Crippen molar-refractivity contribution in [2.24, 2.45) is 4.99 Å². The molecule has 0 saturated carbocycles. The Balaban J connectivity index is 0.00000364. The van der Waals surface area contributed by atoms with Gasteiger partial charge in [0, 0.05) is 36.9 Å². The normalized spacial score (nSPS) is 11.4. The quantitative estimate of drug-likeness (QED) is 0.223. The molecule has 150 valence electrons. The Kier molecular flexibility index (Phi) is 10.8. The van der Waals surface area contributed by atoms with Gasteiger partial charge in [0.25, 0.3) is 0 Å². The van der Waals surface area contributed by atoms with Gasteiger partial charge in [0.05, 0.1) is 0 Å². The summed E-state index contributed by atoms with van der Waals surface area (Å²) < 4.78 is 19.7. The molecule has 27 heavy (non-hydrogen) atoms. The van der Waals surface area contributed by atoms with E-state index in [0.29, 0.717) is 37.8 Å². The van der Waals surface area contributed by atoms with Gasteiger partial charge in [-0.05, 0) is 30.5 Å². The van der Waals surface area contributed by atoms with Gasteiger partial charge in [0.2, 0.25) is 5.89 Å². The van der Waals surface area contributed by atoms with Crippen LogP contribution in [0.5, 0.6) is 0 Å². The van der Waals surface area contributed by atoms with Gasteiger partial charge >= 0.3 is 0 Å². The number of guanidine groups is 1. The number of hydrogen-bond donors (Lipinski definition) is 2. The molecule has 0 unspecified atom stereocenters. The van der Waals surface area contributed by atoms with Crippen molar-refractivity contribution in [3.8, 4) is 0 Å². The third-order valence-electron chi connectivity index (χ3n) is 3.79. The maximum absolute atomic E-state index is 13.8. The van der Waals surface area contributed by atoms with Gasteiger partial charge in [-0.3, -0.25) is 4.99 Å². The predicted octanol–water partition coefficient (Wildman–Crippen LogP) is 4.05. The molecule has 0 aliphatic rings. The number of aryl methyl sites for hydroxylation is 1. The Labute approximate surface area is 184 Å². The molecule has 2 rings (SSSR count). The van der Waals surface area contributed by atoms with Gasteiger partial charge < -0.3 is 15.2 Å². The van der Waals surface area contributed by atoms with E-state index in [2.05, 4.69) is 41.7 Å². The van der Waals surface area contributed by atoms with Crippen molar-refractivity contribution < 1.29 is 8.91 Å². The second kappa shape index (κ2) is 12.3. The van der Waals surface area contributed by atoms with Crippen molar-refractivity contribution in [2.75, 3.05) is 20.1 Å². The molecule has 0 aliphatic heterocycles. The lowest BCUT2D eigenvalue weighted by Crippen LogP contribution is -2.38. The van der Waals surface area contributed by atoms with E-state index in [1.165, 1.54) is 6.07 Å². The van der Waals surface area contributed by atoms with Crippen molar-refractivity contribution in [1.82, 2.24) is 20.8 Å². The van der Waals surface area contributed by atoms with Crippen LogP contribution in [0.15, 0.2) is 32.2 Å². The van der Waals surface area contributed by atoms with Gasteiger partial charge in [0.15, 0.2) is 11.8 Å². The highest BCUT2D eigenvalue weighted by Gasteiger charge is 2.09. The maximum atomic E-state index is 13.8. The molecule has 0 bridgehead atoms. The first-order chi connectivity index (χ1) is 12.5. The lowest BCUT2D eigenvalue weighted by molar-refractivity contribution is 0.371. The van der Waals surface area contributed by atoms with Crippen molar-refractivity contribution in [2.45, 2.75) is 39.0 Å². The van der Waals surface area contributed by atoms with E-state index in [4.69, 9.17) is 4.52 Å². The molecule has 1 aromatic carbocycles. The molecule has 9 heteroatoms. The number of halogens is 3. The van der Waals surface area contributed by atoms with Gasteiger partial charge in [-0.2, -0.15) is 4.98 Å². The fourth-order valence-corrected chi connectivity index (χ4v) is 2.66. The van der Waals surface area contributed by atoms with Gasteiger partial charge in [-0.15, -0.1) is 24.0 Å². The first-order valence-corrected chi connectivity index (χ1v) is 9.49. The molecule has 2 aromatic rings. The lowest BCUT2D eigenvalue weighted by Gasteiger charge is -2.11. The molecule has 2 N–H and O–H groups in total.